The van der Waals surface area contributed by atoms with Crippen LogP contribution in [0, 0.1) is 34.6 Å². The maximum atomic E-state index is 13.5. The fourth-order valence-corrected chi connectivity index (χ4v) is 6.62. The first kappa shape index (κ1) is 21.8. The van der Waals surface area contributed by atoms with E-state index in [0.717, 1.165) is 48.4 Å². The average Bonchev–Trinajstić information content (AvgIpc) is 2.70. The molecule has 0 aromatic heterocycles. The molecule has 0 N–H and O–H groups in total. The van der Waals surface area contributed by atoms with Crippen molar-refractivity contribution in [3.05, 3.63) is 27.8 Å². The molecule has 2 aliphatic heterocycles. The first-order valence-corrected chi connectivity index (χ1v) is 12.2. The summed E-state index contributed by atoms with van der Waals surface area (Å²) in [6.45, 7) is 17.5. The molecule has 0 bridgehead atoms. The summed E-state index contributed by atoms with van der Waals surface area (Å²) in [5.41, 5.74) is 5.22. The zero-order chi connectivity index (χ0) is 20.5. The summed E-state index contributed by atoms with van der Waals surface area (Å²) in [7, 11) is -3.45. The molecule has 0 spiro atoms. The van der Waals surface area contributed by atoms with Crippen molar-refractivity contribution in [1.82, 2.24) is 14.1 Å². The normalized spacial score (nSPS) is 20.6. The Balaban J connectivity index is 1.67. The van der Waals surface area contributed by atoms with E-state index < -0.39 is 10.0 Å². The van der Waals surface area contributed by atoms with Crippen molar-refractivity contribution in [3.63, 3.8) is 0 Å². The first-order chi connectivity index (χ1) is 13.2. The van der Waals surface area contributed by atoms with Crippen LogP contribution in [0.5, 0.6) is 0 Å². The molecule has 158 valence electrons. The van der Waals surface area contributed by atoms with Gasteiger partial charge in [-0.1, -0.05) is 6.42 Å². The predicted molar refractivity (Wildman–Crippen MR) is 116 cm³/mol. The van der Waals surface area contributed by atoms with E-state index in [9.17, 15) is 8.42 Å². The van der Waals surface area contributed by atoms with Crippen LogP contribution in [0.15, 0.2) is 4.90 Å². The Kier molecular flexibility index (Phi) is 6.85. The topological polar surface area (TPSA) is 43.9 Å². The van der Waals surface area contributed by atoms with Crippen LogP contribution in [0.4, 0.5) is 0 Å². The third-order valence-corrected chi connectivity index (χ3v) is 9.21. The zero-order valence-corrected chi connectivity index (χ0v) is 19.2. The van der Waals surface area contributed by atoms with Gasteiger partial charge >= 0.3 is 0 Å². The third kappa shape index (κ3) is 4.30. The highest BCUT2D eigenvalue weighted by atomic mass is 32.2. The molecule has 0 saturated carbocycles. The van der Waals surface area contributed by atoms with Crippen LogP contribution in [0.1, 0.15) is 47.1 Å². The summed E-state index contributed by atoms with van der Waals surface area (Å²) in [6.07, 6.45) is 4.00. The van der Waals surface area contributed by atoms with Crippen LogP contribution in [0.25, 0.3) is 0 Å². The van der Waals surface area contributed by atoms with Crippen molar-refractivity contribution in [2.75, 3.05) is 52.4 Å². The van der Waals surface area contributed by atoms with Gasteiger partial charge in [0.05, 0.1) is 4.90 Å². The van der Waals surface area contributed by atoms with E-state index in [1.165, 1.54) is 37.9 Å². The minimum Gasteiger partial charge on any atom is -0.302 e. The zero-order valence-electron chi connectivity index (χ0n) is 18.3. The molecule has 2 fully saturated rings. The summed E-state index contributed by atoms with van der Waals surface area (Å²) in [5.74, 6) is 0. The smallest absolute Gasteiger partial charge is 0.243 e. The van der Waals surface area contributed by atoms with Crippen LogP contribution < -0.4 is 0 Å². The summed E-state index contributed by atoms with van der Waals surface area (Å²) in [5, 5.41) is 0. The first-order valence-electron chi connectivity index (χ1n) is 10.7. The highest BCUT2D eigenvalue weighted by Crippen LogP contribution is 2.31. The second kappa shape index (κ2) is 8.82. The number of piperazine rings is 1. The highest BCUT2D eigenvalue weighted by molar-refractivity contribution is 7.89. The van der Waals surface area contributed by atoms with Crippen LogP contribution in [0.2, 0.25) is 0 Å². The monoisotopic (exact) mass is 407 g/mol. The molecule has 6 heteroatoms. The van der Waals surface area contributed by atoms with Gasteiger partial charge in [0, 0.05) is 39.3 Å². The number of likely N-dealkylation sites (tertiary alicyclic amines) is 1. The van der Waals surface area contributed by atoms with Gasteiger partial charge in [-0.05, 0) is 88.4 Å². The van der Waals surface area contributed by atoms with Crippen molar-refractivity contribution >= 4 is 10.0 Å². The van der Waals surface area contributed by atoms with Gasteiger partial charge in [-0.15, -0.1) is 0 Å². The van der Waals surface area contributed by atoms with Crippen molar-refractivity contribution in [3.8, 4) is 0 Å². The molecule has 5 nitrogen and oxygen atoms in total. The molecule has 0 radical (unpaired) electrons. The molecule has 1 aromatic carbocycles. The second-order valence-electron chi connectivity index (χ2n) is 8.60. The number of nitrogens with zero attached hydrogens (tertiary/aromatic N) is 3. The van der Waals surface area contributed by atoms with Crippen molar-refractivity contribution in [2.24, 2.45) is 0 Å². The lowest BCUT2D eigenvalue weighted by Crippen LogP contribution is -2.50. The Morgan fingerprint density at radius 2 is 1.04 bits per heavy atom. The second-order valence-corrected chi connectivity index (χ2v) is 10.5. The number of piperidine rings is 1. The average molecular weight is 408 g/mol. The standard InChI is InChI=1S/C22H37N3O2S/c1-17-18(2)20(4)22(21(5)19(17)3)28(26,27)25-15-13-24(14-16-25)12-11-23-9-7-6-8-10-23/h6-16H2,1-5H3. The summed E-state index contributed by atoms with van der Waals surface area (Å²) >= 11 is 0. The molecule has 0 unspecified atom stereocenters. The van der Waals surface area contributed by atoms with Gasteiger partial charge in [-0.2, -0.15) is 4.31 Å². The Hall–Kier alpha value is -0.950. The largest absolute Gasteiger partial charge is 0.302 e. The predicted octanol–water partition coefficient (Wildman–Crippen LogP) is 3.02. The molecule has 0 aliphatic carbocycles. The van der Waals surface area contributed by atoms with Crippen LogP contribution in [-0.2, 0) is 10.0 Å². The van der Waals surface area contributed by atoms with Gasteiger partial charge in [0.2, 0.25) is 10.0 Å². The number of sulfonamides is 1. The molecule has 3 rings (SSSR count). The van der Waals surface area contributed by atoms with Gasteiger partial charge in [-0.25, -0.2) is 8.42 Å². The summed E-state index contributed by atoms with van der Waals surface area (Å²) in [6, 6.07) is 0. The SMILES string of the molecule is Cc1c(C)c(C)c(S(=O)(=O)N2CCN(CCN3CCCCC3)CC2)c(C)c1C. The number of hydrogen-bond acceptors (Lipinski definition) is 4. The Bertz CT molecular complexity index is 777. The van der Waals surface area contributed by atoms with Gasteiger partial charge in [-0.3, -0.25) is 4.90 Å². The van der Waals surface area contributed by atoms with E-state index in [1.54, 1.807) is 4.31 Å². The van der Waals surface area contributed by atoms with Crippen LogP contribution >= 0.6 is 0 Å². The maximum absolute atomic E-state index is 13.5. The fraction of sp³-hybridized carbons (Fsp3) is 0.727. The van der Waals surface area contributed by atoms with E-state index in [0.29, 0.717) is 18.0 Å². The Labute approximate surface area is 171 Å². The maximum Gasteiger partial charge on any atom is 0.243 e. The van der Waals surface area contributed by atoms with Crippen molar-refractivity contribution in [2.45, 2.75) is 58.8 Å². The van der Waals surface area contributed by atoms with E-state index in [4.69, 9.17) is 0 Å². The molecular formula is C22H37N3O2S. The highest BCUT2D eigenvalue weighted by Gasteiger charge is 2.32. The number of hydrogen-bond donors (Lipinski definition) is 0. The number of benzene rings is 1. The lowest BCUT2D eigenvalue weighted by atomic mass is 9.95. The fourth-order valence-electron chi connectivity index (χ4n) is 4.64. The molecule has 0 amide bonds. The van der Waals surface area contributed by atoms with Gasteiger partial charge in [0.25, 0.3) is 0 Å². The van der Waals surface area contributed by atoms with Crippen molar-refractivity contribution < 1.29 is 8.42 Å². The molecule has 1 aromatic rings. The van der Waals surface area contributed by atoms with Crippen molar-refractivity contribution in [1.29, 1.82) is 0 Å². The Morgan fingerprint density at radius 1 is 0.607 bits per heavy atom. The van der Waals surface area contributed by atoms with E-state index in [2.05, 4.69) is 16.7 Å². The molecular weight excluding hydrogens is 370 g/mol. The van der Waals surface area contributed by atoms with E-state index in [1.807, 2.05) is 27.7 Å². The summed E-state index contributed by atoms with van der Waals surface area (Å²) in [4.78, 5) is 5.51. The van der Waals surface area contributed by atoms with Gasteiger partial charge in [0.1, 0.15) is 0 Å². The molecule has 2 aliphatic rings. The molecule has 2 heterocycles. The molecule has 0 atom stereocenters. The third-order valence-electron chi connectivity index (χ3n) is 7.04. The van der Waals surface area contributed by atoms with E-state index in [-0.39, 0.29) is 0 Å². The lowest BCUT2D eigenvalue weighted by molar-refractivity contribution is 0.149. The van der Waals surface area contributed by atoms with Gasteiger partial charge in [0.15, 0.2) is 0 Å². The lowest BCUT2D eigenvalue weighted by Gasteiger charge is -2.36. The molecule has 2 saturated heterocycles. The Morgan fingerprint density at radius 3 is 1.54 bits per heavy atom. The van der Waals surface area contributed by atoms with E-state index >= 15 is 0 Å². The minimum atomic E-state index is -3.45. The minimum absolute atomic E-state index is 0.537. The van der Waals surface area contributed by atoms with Gasteiger partial charge < -0.3 is 4.90 Å². The molecule has 28 heavy (non-hydrogen) atoms. The number of rotatable bonds is 5. The van der Waals surface area contributed by atoms with Crippen LogP contribution in [-0.4, -0.2) is 74.9 Å². The quantitative estimate of drug-likeness (QED) is 0.753. The van der Waals surface area contributed by atoms with Crippen LogP contribution in [0.3, 0.4) is 0 Å². The summed E-state index contributed by atoms with van der Waals surface area (Å²) < 4.78 is 28.6.